The highest BCUT2D eigenvalue weighted by atomic mass is 16.3. The van der Waals surface area contributed by atoms with Crippen molar-refractivity contribution >= 4 is 23.2 Å². The number of imidazole rings is 1. The normalized spacial score (nSPS) is 11.5. The Morgan fingerprint density at radius 1 is 1.05 bits per heavy atom. The van der Waals surface area contributed by atoms with Crippen molar-refractivity contribution in [3.05, 3.63) is 65.5 Å². The number of aliphatic hydroxyl groups excluding tert-OH is 1. The molecule has 0 radical (unpaired) electrons. The Labute approximate surface area is 124 Å². The Morgan fingerprint density at radius 2 is 1.81 bits per heavy atom. The van der Waals surface area contributed by atoms with Crippen LogP contribution in [0.2, 0.25) is 0 Å². The fraction of sp³-hybridized carbons (Fsp3) is 0.167. The van der Waals surface area contributed by atoms with E-state index in [1.165, 1.54) is 5.56 Å². The first-order chi connectivity index (χ1) is 10.3. The molecule has 0 unspecified atom stereocenters. The van der Waals surface area contributed by atoms with Crippen molar-refractivity contribution in [2.45, 2.75) is 13.5 Å². The molecular formula is C18H18N2O. The molecule has 1 aromatic heterocycles. The zero-order valence-electron chi connectivity index (χ0n) is 12.0. The molecule has 0 saturated heterocycles. The van der Waals surface area contributed by atoms with Gasteiger partial charge in [-0.2, -0.15) is 0 Å². The standard InChI is InChI=1S/C18H18N2O/c1-14-6-8-15(9-7-14)10-11-18-19-16-4-2-3-5-17(16)20(18)12-13-21/h2-11,21H,12-13H2,1H3/b11-10+. The molecule has 3 aromatic rings. The fourth-order valence-electron chi connectivity index (χ4n) is 2.40. The predicted octanol–water partition coefficient (Wildman–Crippen LogP) is 3.51. The van der Waals surface area contributed by atoms with Crippen molar-refractivity contribution in [3.8, 4) is 0 Å². The van der Waals surface area contributed by atoms with Gasteiger partial charge in [-0.1, -0.05) is 48.0 Å². The van der Waals surface area contributed by atoms with Crippen LogP contribution in [0.25, 0.3) is 23.2 Å². The van der Waals surface area contributed by atoms with Gasteiger partial charge in [-0.15, -0.1) is 0 Å². The molecule has 2 aromatic carbocycles. The number of aromatic nitrogens is 2. The van der Waals surface area contributed by atoms with Gasteiger partial charge in [0.1, 0.15) is 5.82 Å². The molecule has 1 N–H and O–H groups in total. The molecule has 0 saturated carbocycles. The number of para-hydroxylation sites is 2. The summed E-state index contributed by atoms with van der Waals surface area (Å²) in [7, 11) is 0. The third-order valence-electron chi connectivity index (χ3n) is 3.51. The second-order valence-corrected chi connectivity index (χ2v) is 5.08. The molecule has 0 aliphatic rings. The summed E-state index contributed by atoms with van der Waals surface area (Å²) in [6, 6.07) is 16.4. The fourth-order valence-corrected chi connectivity index (χ4v) is 2.40. The van der Waals surface area contributed by atoms with Gasteiger partial charge < -0.3 is 9.67 Å². The summed E-state index contributed by atoms with van der Waals surface area (Å²) in [6.45, 7) is 2.73. The number of hydrogen-bond donors (Lipinski definition) is 1. The predicted molar refractivity (Wildman–Crippen MR) is 86.9 cm³/mol. The number of aryl methyl sites for hydroxylation is 1. The van der Waals surface area contributed by atoms with Gasteiger partial charge in [0.05, 0.1) is 17.6 Å². The zero-order chi connectivity index (χ0) is 14.7. The minimum absolute atomic E-state index is 0.103. The summed E-state index contributed by atoms with van der Waals surface area (Å²) >= 11 is 0. The summed E-state index contributed by atoms with van der Waals surface area (Å²) in [5.41, 5.74) is 4.40. The van der Waals surface area contributed by atoms with Crippen LogP contribution in [0.15, 0.2) is 48.5 Å². The van der Waals surface area contributed by atoms with Gasteiger partial charge in [0, 0.05) is 6.54 Å². The number of aliphatic hydroxyl groups is 1. The average molecular weight is 278 g/mol. The highest BCUT2D eigenvalue weighted by Gasteiger charge is 2.07. The van der Waals surface area contributed by atoms with Gasteiger partial charge in [-0.05, 0) is 30.7 Å². The first kappa shape index (κ1) is 13.6. The second kappa shape index (κ2) is 5.94. The lowest BCUT2D eigenvalue weighted by molar-refractivity contribution is 0.277. The van der Waals surface area contributed by atoms with Crippen LogP contribution in [0.4, 0.5) is 0 Å². The molecule has 21 heavy (non-hydrogen) atoms. The molecule has 0 fully saturated rings. The third-order valence-corrected chi connectivity index (χ3v) is 3.51. The van der Waals surface area contributed by atoms with E-state index in [0.717, 1.165) is 22.4 Å². The maximum absolute atomic E-state index is 9.27. The lowest BCUT2D eigenvalue weighted by Crippen LogP contribution is -2.03. The smallest absolute Gasteiger partial charge is 0.133 e. The van der Waals surface area contributed by atoms with E-state index >= 15 is 0 Å². The first-order valence-corrected chi connectivity index (χ1v) is 7.09. The summed E-state index contributed by atoms with van der Waals surface area (Å²) in [6.07, 6.45) is 4.05. The van der Waals surface area contributed by atoms with Crippen molar-refractivity contribution in [2.24, 2.45) is 0 Å². The molecule has 3 heteroatoms. The molecule has 0 bridgehead atoms. The molecule has 0 aliphatic carbocycles. The summed E-state index contributed by atoms with van der Waals surface area (Å²) in [4.78, 5) is 4.63. The number of hydrogen-bond acceptors (Lipinski definition) is 2. The third kappa shape index (κ3) is 2.88. The Hall–Kier alpha value is -2.39. The van der Waals surface area contributed by atoms with Crippen molar-refractivity contribution in [2.75, 3.05) is 6.61 Å². The molecule has 1 heterocycles. The van der Waals surface area contributed by atoms with Gasteiger partial charge in [0.2, 0.25) is 0 Å². The molecule has 3 nitrogen and oxygen atoms in total. The van der Waals surface area contributed by atoms with E-state index in [4.69, 9.17) is 0 Å². The van der Waals surface area contributed by atoms with Crippen LogP contribution in [-0.2, 0) is 6.54 Å². The van der Waals surface area contributed by atoms with Gasteiger partial charge in [0.25, 0.3) is 0 Å². The molecular weight excluding hydrogens is 260 g/mol. The highest BCUT2D eigenvalue weighted by Crippen LogP contribution is 2.18. The van der Waals surface area contributed by atoms with E-state index in [1.807, 2.05) is 34.9 Å². The van der Waals surface area contributed by atoms with Crippen LogP contribution >= 0.6 is 0 Å². The van der Waals surface area contributed by atoms with E-state index in [2.05, 4.69) is 42.2 Å². The lowest BCUT2D eigenvalue weighted by atomic mass is 10.1. The van der Waals surface area contributed by atoms with E-state index in [-0.39, 0.29) is 6.61 Å². The van der Waals surface area contributed by atoms with Crippen molar-refractivity contribution < 1.29 is 5.11 Å². The van der Waals surface area contributed by atoms with Crippen LogP contribution in [0.5, 0.6) is 0 Å². The Bertz CT molecular complexity index is 770. The maximum Gasteiger partial charge on any atom is 0.133 e. The molecule has 0 spiro atoms. The monoisotopic (exact) mass is 278 g/mol. The van der Waals surface area contributed by atoms with Crippen molar-refractivity contribution in [1.82, 2.24) is 9.55 Å². The van der Waals surface area contributed by atoms with Crippen LogP contribution in [0.3, 0.4) is 0 Å². The molecule has 0 aliphatic heterocycles. The number of fused-ring (bicyclic) bond motifs is 1. The van der Waals surface area contributed by atoms with Gasteiger partial charge >= 0.3 is 0 Å². The maximum atomic E-state index is 9.27. The lowest BCUT2D eigenvalue weighted by Gasteiger charge is -2.04. The van der Waals surface area contributed by atoms with Crippen molar-refractivity contribution in [3.63, 3.8) is 0 Å². The summed E-state index contributed by atoms with van der Waals surface area (Å²) in [5.74, 6) is 0.867. The summed E-state index contributed by atoms with van der Waals surface area (Å²) < 4.78 is 2.04. The largest absolute Gasteiger partial charge is 0.395 e. The molecule has 3 rings (SSSR count). The minimum atomic E-state index is 0.103. The average Bonchev–Trinajstić information content (AvgIpc) is 2.85. The Morgan fingerprint density at radius 3 is 2.57 bits per heavy atom. The Kier molecular flexibility index (Phi) is 3.84. The van der Waals surface area contributed by atoms with Crippen LogP contribution in [0.1, 0.15) is 17.0 Å². The molecule has 106 valence electrons. The van der Waals surface area contributed by atoms with Crippen molar-refractivity contribution in [1.29, 1.82) is 0 Å². The Balaban J connectivity index is 1.99. The number of rotatable bonds is 4. The second-order valence-electron chi connectivity index (χ2n) is 5.08. The first-order valence-electron chi connectivity index (χ1n) is 7.09. The summed E-state index contributed by atoms with van der Waals surface area (Å²) in [5, 5.41) is 9.27. The van der Waals surface area contributed by atoms with Gasteiger partial charge in [-0.3, -0.25) is 0 Å². The number of benzene rings is 2. The SMILES string of the molecule is Cc1ccc(/C=C/c2nc3ccccc3n2CCO)cc1. The van der Waals surface area contributed by atoms with Gasteiger partial charge in [0.15, 0.2) is 0 Å². The number of nitrogens with zero attached hydrogens (tertiary/aromatic N) is 2. The van der Waals surface area contributed by atoms with Crippen LogP contribution in [-0.4, -0.2) is 21.3 Å². The minimum Gasteiger partial charge on any atom is -0.395 e. The molecule has 0 amide bonds. The zero-order valence-corrected chi connectivity index (χ0v) is 12.0. The quantitative estimate of drug-likeness (QED) is 0.793. The van der Waals surface area contributed by atoms with Gasteiger partial charge in [-0.25, -0.2) is 4.98 Å². The van der Waals surface area contributed by atoms with E-state index < -0.39 is 0 Å². The topological polar surface area (TPSA) is 38.0 Å². The highest BCUT2D eigenvalue weighted by molar-refractivity contribution is 5.79. The van der Waals surface area contributed by atoms with E-state index in [9.17, 15) is 5.11 Å². The van der Waals surface area contributed by atoms with E-state index in [1.54, 1.807) is 0 Å². The van der Waals surface area contributed by atoms with E-state index in [0.29, 0.717) is 6.54 Å². The van der Waals surface area contributed by atoms with Crippen LogP contribution in [0, 0.1) is 6.92 Å². The molecule has 0 atom stereocenters. The van der Waals surface area contributed by atoms with Crippen LogP contribution < -0.4 is 0 Å².